The van der Waals surface area contributed by atoms with Gasteiger partial charge in [-0.3, -0.25) is 0 Å². The first kappa shape index (κ1) is 12.0. The molecule has 0 fully saturated rings. The van der Waals surface area contributed by atoms with Crippen molar-refractivity contribution in [2.75, 3.05) is 0 Å². The SMILES string of the molecule is O=C(O)c1nccnc1-n1nc([N+](=O)[O-])nc1Br. The zero-order valence-corrected chi connectivity index (χ0v) is 9.97. The molecule has 0 saturated heterocycles. The Morgan fingerprint density at radius 2 is 2.11 bits per heavy atom. The van der Waals surface area contributed by atoms with Crippen molar-refractivity contribution >= 4 is 27.8 Å². The van der Waals surface area contributed by atoms with Crippen LogP contribution in [0, 0.1) is 10.1 Å². The summed E-state index contributed by atoms with van der Waals surface area (Å²) < 4.78 is 0.839. The highest BCUT2D eigenvalue weighted by molar-refractivity contribution is 9.10. The second kappa shape index (κ2) is 4.44. The summed E-state index contributed by atoms with van der Waals surface area (Å²) in [4.78, 5) is 31.5. The molecule has 0 radical (unpaired) electrons. The Hall–Kier alpha value is -2.43. The van der Waals surface area contributed by atoms with Crippen molar-refractivity contribution in [2.45, 2.75) is 0 Å². The number of halogens is 1. The fourth-order valence-electron chi connectivity index (χ4n) is 1.13. The summed E-state index contributed by atoms with van der Waals surface area (Å²) >= 11 is 2.93. The average molecular weight is 315 g/mol. The Morgan fingerprint density at radius 3 is 2.67 bits per heavy atom. The lowest BCUT2D eigenvalue weighted by Gasteiger charge is -1.99. The third-order valence-electron chi connectivity index (χ3n) is 1.80. The van der Waals surface area contributed by atoms with E-state index in [9.17, 15) is 14.9 Å². The van der Waals surface area contributed by atoms with E-state index in [-0.39, 0.29) is 10.6 Å². The number of aromatic nitrogens is 5. The predicted molar refractivity (Wildman–Crippen MR) is 58.3 cm³/mol. The zero-order valence-electron chi connectivity index (χ0n) is 8.39. The van der Waals surface area contributed by atoms with E-state index in [2.05, 4.69) is 36.0 Å². The van der Waals surface area contributed by atoms with Gasteiger partial charge in [0.25, 0.3) is 4.73 Å². The number of nitro groups is 1. The van der Waals surface area contributed by atoms with Crippen LogP contribution in [-0.2, 0) is 0 Å². The number of rotatable bonds is 3. The summed E-state index contributed by atoms with van der Waals surface area (Å²) in [6.45, 7) is 0. The van der Waals surface area contributed by atoms with Gasteiger partial charge in [0.1, 0.15) is 0 Å². The van der Waals surface area contributed by atoms with Crippen molar-refractivity contribution in [1.82, 2.24) is 24.7 Å². The van der Waals surface area contributed by atoms with Crippen molar-refractivity contribution in [2.24, 2.45) is 0 Å². The van der Waals surface area contributed by atoms with E-state index in [1.54, 1.807) is 0 Å². The standard InChI is InChI=1S/C7H3BrN6O4/c8-6-11-7(14(17)18)12-13(6)4-3(5(15)16)9-1-2-10-4/h1-2H,(H,15,16). The highest BCUT2D eigenvalue weighted by Crippen LogP contribution is 2.17. The molecule has 2 heterocycles. The summed E-state index contributed by atoms with van der Waals surface area (Å²) in [5.74, 6) is -2.18. The zero-order chi connectivity index (χ0) is 13.3. The number of carboxylic acid groups (broad SMARTS) is 1. The van der Waals surface area contributed by atoms with Gasteiger partial charge in [0.15, 0.2) is 5.69 Å². The maximum absolute atomic E-state index is 10.9. The molecule has 0 aliphatic rings. The molecule has 10 nitrogen and oxygen atoms in total. The van der Waals surface area contributed by atoms with E-state index >= 15 is 0 Å². The van der Waals surface area contributed by atoms with Crippen LogP contribution in [0.2, 0.25) is 0 Å². The highest BCUT2D eigenvalue weighted by Gasteiger charge is 2.25. The topological polar surface area (TPSA) is 137 Å². The Labute approximate surface area is 107 Å². The second-order valence-electron chi connectivity index (χ2n) is 2.88. The molecule has 0 aliphatic carbocycles. The van der Waals surface area contributed by atoms with E-state index < -0.39 is 22.5 Å². The van der Waals surface area contributed by atoms with Crippen LogP contribution in [0.25, 0.3) is 5.82 Å². The lowest BCUT2D eigenvalue weighted by molar-refractivity contribution is -0.394. The first-order valence-electron chi connectivity index (χ1n) is 4.32. The minimum Gasteiger partial charge on any atom is -0.476 e. The molecule has 2 rings (SSSR count). The molecule has 0 aromatic carbocycles. The number of hydrogen-bond acceptors (Lipinski definition) is 7. The van der Waals surface area contributed by atoms with Gasteiger partial charge in [0.05, 0.1) is 0 Å². The number of hydrogen-bond donors (Lipinski definition) is 1. The quantitative estimate of drug-likeness (QED) is 0.635. The average Bonchev–Trinajstić information content (AvgIpc) is 2.71. The number of aromatic carboxylic acids is 1. The summed E-state index contributed by atoms with van der Waals surface area (Å²) in [5.41, 5.74) is -0.391. The molecule has 0 atom stereocenters. The summed E-state index contributed by atoms with van der Waals surface area (Å²) in [6, 6.07) is 0. The third-order valence-corrected chi connectivity index (χ3v) is 2.32. The van der Waals surface area contributed by atoms with Crippen LogP contribution in [-0.4, -0.2) is 40.7 Å². The van der Waals surface area contributed by atoms with Crippen LogP contribution in [0.1, 0.15) is 10.5 Å². The Morgan fingerprint density at radius 1 is 1.44 bits per heavy atom. The van der Waals surface area contributed by atoms with Gasteiger partial charge in [-0.15, -0.1) is 4.68 Å². The summed E-state index contributed by atoms with van der Waals surface area (Å²) in [5, 5.41) is 22.9. The first-order chi connectivity index (χ1) is 8.50. The molecule has 92 valence electrons. The van der Waals surface area contributed by atoms with Gasteiger partial charge in [-0.2, -0.15) is 0 Å². The van der Waals surface area contributed by atoms with Gasteiger partial charge in [0, 0.05) is 33.4 Å². The lowest BCUT2D eigenvalue weighted by Crippen LogP contribution is -2.11. The molecular formula is C7H3BrN6O4. The maximum atomic E-state index is 10.9. The molecule has 11 heteroatoms. The van der Waals surface area contributed by atoms with E-state index in [1.165, 1.54) is 12.4 Å². The van der Waals surface area contributed by atoms with Crippen molar-refractivity contribution in [3.05, 3.63) is 32.9 Å². The molecular weight excluding hydrogens is 312 g/mol. The monoisotopic (exact) mass is 314 g/mol. The highest BCUT2D eigenvalue weighted by atomic mass is 79.9. The fourth-order valence-corrected chi connectivity index (χ4v) is 1.54. The molecule has 0 aliphatic heterocycles. The normalized spacial score (nSPS) is 10.3. The minimum atomic E-state index is -1.33. The van der Waals surface area contributed by atoms with Gasteiger partial charge in [-0.1, -0.05) is 0 Å². The van der Waals surface area contributed by atoms with Gasteiger partial charge in [-0.05, 0) is 9.91 Å². The third kappa shape index (κ3) is 2.02. The van der Waals surface area contributed by atoms with Crippen LogP contribution >= 0.6 is 15.9 Å². The van der Waals surface area contributed by atoms with E-state index in [1.807, 2.05) is 0 Å². The molecule has 0 bridgehead atoms. The molecule has 2 aromatic rings. The molecule has 0 unspecified atom stereocenters. The van der Waals surface area contributed by atoms with Gasteiger partial charge < -0.3 is 15.2 Å². The van der Waals surface area contributed by atoms with E-state index in [4.69, 9.17) is 5.11 Å². The van der Waals surface area contributed by atoms with E-state index in [0.717, 1.165) is 4.68 Å². The van der Waals surface area contributed by atoms with Crippen LogP contribution in [0.5, 0.6) is 0 Å². The Bertz CT molecular complexity index is 641. The summed E-state index contributed by atoms with van der Waals surface area (Å²) in [7, 11) is 0. The molecule has 0 amide bonds. The number of carbonyl (C=O) groups is 1. The second-order valence-corrected chi connectivity index (χ2v) is 3.59. The fraction of sp³-hybridized carbons (Fsp3) is 0. The smallest absolute Gasteiger partial charge is 0.476 e. The van der Waals surface area contributed by atoms with Crippen molar-refractivity contribution in [3.63, 3.8) is 0 Å². The molecule has 0 spiro atoms. The van der Waals surface area contributed by atoms with Crippen LogP contribution in [0.3, 0.4) is 0 Å². The Kier molecular flexibility index (Phi) is 2.97. The summed E-state index contributed by atoms with van der Waals surface area (Å²) in [6.07, 6.45) is 2.42. The van der Waals surface area contributed by atoms with E-state index in [0.29, 0.717) is 0 Å². The van der Waals surface area contributed by atoms with Gasteiger partial charge in [-0.25, -0.2) is 14.8 Å². The lowest BCUT2D eigenvalue weighted by atomic mass is 10.4. The molecule has 0 saturated carbocycles. The van der Waals surface area contributed by atoms with Gasteiger partial charge >= 0.3 is 11.9 Å². The van der Waals surface area contributed by atoms with Crippen molar-refractivity contribution in [1.29, 1.82) is 0 Å². The van der Waals surface area contributed by atoms with Crippen molar-refractivity contribution < 1.29 is 14.8 Å². The first-order valence-corrected chi connectivity index (χ1v) is 5.11. The minimum absolute atomic E-state index is 0.0443. The van der Waals surface area contributed by atoms with Crippen LogP contribution < -0.4 is 0 Å². The molecule has 1 N–H and O–H groups in total. The van der Waals surface area contributed by atoms with Crippen molar-refractivity contribution in [3.8, 4) is 5.82 Å². The van der Waals surface area contributed by atoms with Gasteiger partial charge in [0.2, 0.25) is 5.82 Å². The maximum Gasteiger partial charge on any atom is 0.492 e. The predicted octanol–water partition coefficient (Wildman–Crippen LogP) is 0.426. The largest absolute Gasteiger partial charge is 0.492 e. The van der Waals surface area contributed by atoms with Crippen LogP contribution in [0.15, 0.2) is 17.1 Å². The number of nitrogens with zero attached hydrogens (tertiary/aromatic N) is 6. The number of carboxylic acids is 1. The van der Waals surface area contributed by atoms with Crippen LogP contribution in [0.4, 0.5) is 5.95 Å². The Balaban J connectivity index is 2.62. The molecule has 2 aromatic heterocycles. The molecule has 18 heavy (non-hydrogen) atoms.